The van der Waals surface area contributed by atoms with Crippen LogP contribution in [0.5, 0.6) is 0 Å². The largest absolute Gasteiger partial charge is 0.317 e. The van der Waals surface area contributed by atoms with Gasteiger partial charge in [0.25, 0.3) is 5.24 Å². The quantitative estimate of drug-likeness (QED) is 0.771. The van der Waals surface area contributed by atoms with Crippen LogP contribution >= 0.6 is 11.8 Å². The normalized spacial score (nSPS) is 11.8. The lowest BCUT2D eigenvalue weighted by atomic mass is 10.2. The number of rotatable bonds is 5. The third kappa shape index (κ3) is 4.53. The fourth-order valence-electron chi connectivity index (χ4n) is 1.32. The third-order valence-corrected chi connectivity index (χ3v) is 3.16. The summed E-state index contributed by atoms with van der Waals surface area (Å²) in [5.41, 5.74) is 0.833. The molecule has 0 aliphatic rings. The molecular formula is C13H17NOS. The van der Waals surface area contributed by atoms with Crippen LogP contribution in [-0.4, -0.2) is 10.5 Å². The second-order valence-corrected chi connectivity index (χ2v) is 4.67. The van der Waals surface area contributed by atoms with E-state index in [-0.39, 0.29) is 10.5 Å². The summed E-state index contributed by atoms with van der Waals surface area (Å²) in [4.78, 5) is 11.7. The molecule has 0 heterocycles. The number of thioether (sulfide) groups is 1. The fourth-order valence-corrected chi connectivity index (χ4v) is 2.22. The minimum atomic E-state index is -0.0236. The average molecular weight is 235 g/mol. The number of anilines is 1. The molecule has 86 valence electrons. The Morgan fingerprint density at radius 1 is 1.50 bits per heavy atom. The van der Waals surface area contributed by atoms with Crippen LogP contribution in [0.15, 0.2) is 43.0 Å². The number of hydrogen-bond donors (Lipinski definition) is 1. The lowest BCUT2D eigenvalue weighted by Gasteiger charge is -2.10. The van der Waals surface area contributed by atoms with Gasteiger partial charge < -0.3 is 5.32 Å². The zero-order valence-electron chi connectivity index (χ0n) is 9.48. The van der Waals surface area contributed by atoms with Gasteiger partial charge in [-0.2, -0.15) is 0 Å². The summed E-state index contributed by atoms with van der Waals surface area (Å²) in [6, 6.07) is 9.48. The molecule has 0 spiro atoms. The number of amides is 1. The summed E-state index contributed by atoms with van der Waals surface area (Å²) in [7, 11) is 0. The van der Waals surface area contributed by atoms with Crippen LogP contribution in [0.25, 0.3) is 0 Å². The van der Waals surface area contributed by atoms with Crippen molar-refractivity contribution in [2.24, 2.45) is 0 Å². The van der Waals surface area contributed by atoms with Crippen molar-refractivity contribution < 1.29 is 4.79 Å². The molecule has 1 aromatic rings. The van der Waals surface area contributed by atoms with E-state index in [4.69, 9.17) is 0 Å². The van der Waals surface area contributed by atoms with Crippen molar-refractivity contribution in [2.75, 3.05) is 5.32 Å². The summed E-state index contributed by atoms with van der Waals surface area (Å²) in [6.45, 7) is 5.84. The molecule has 1 N–H and O–H groups in total. The van der Waals surface area contributed by atoms with E-state index < -0.39 is 0 Å². The van der Waals surface area contributed by atoms with E-state index in [9.17, 15) is 4.79 Å². The van der Waals surface area contributed by atoms with E-state index in [1.54, 1.807) is 0 Å². The van der Waals surface area contributed by atoms with E-state index in [1.807, 2.05) is 36.4 Å². The Hall–Kier alpha value is -1.22. The Kier molecular flexibility index (Phi) is 5.72. The molecule has 1 rings (SSSR count). The Morgan fingerprint density at radius 2 is 2.19 bits per heavy atom. The molecule has 0 saturated carbocycles. The first-order valence-electron chi connectivity index (χ1n) is 5.41. The van der Waals surface area contributed by atoms with Gasteiger partial charge in [-0.1, -0.05) is 49.4 Å². The van der Waals surface area contributed by atoms with Crippen molar-refractivity contribution >= 4 is 22.7 Å². The van der Waals surface area contributed by atoms with Gasteiger partial charge in [0.15, 0.2) is 0 Å². The Bertz CT molecular complexity index is 337. The molecule has 0 saturated heterocycles. The van der Waals surface area contributed by atoms with Crippen LogP contribution in [0.1, 0.15) is 19.8 Å². The molecule has 0 unspecified atom stereocenters. The minimum Gasteiger partial charge on any atom is -0.317 e. The van der Waals surface area contributed by atoms with Gasteiger partial charge in [0.05, 0.1) is 0 Å². The standard InChI is InChI=1S/C13H17NOS/c1-3-8-12(4-2)16-13(15)14-11-9-6-5-7-10-11/h4-7,9-10,12H,2-3,8H2,1H3,(H,14,15)/t12-/m0/s1. The number of nitrogens with one attached hydrogen (secondary N) is 1. The van der Waals surface area contributed by atoms with Crippen molar-refractivity contribution in [3.8, 4) is 0 Å². The Balaban J connectivity index is 2.44. The van der Waals surface area contributed by atoms with Crippen LogP contribution in [-0.2, 0) is 0 Å². The van der Waals surface area contributed by atoms with Gasteiger partial charge in [0.2, 0.25) is 0 Å². The zero-order valence-corrected chi connectivity index (χ0v) is 10.3. The molecule has 0 radical (unpaired) electrons. The lowest BCUT2D eigenvalue weighted by Crippen LogP contribution is -2.10. The van der Waals surface area contributed by atoms with Crippen LogP contribution in [0.2, 0.25) is 0 Å². The Morgan fingerprint density at radius 3 is 2.75 bits per heavy atom. The molecule has 0 aliphatic heterocycles. The van der Waals surface area contributed by atoms with E-state index in [0.717, 1.165) is 18.5 Å². The molecule has 0 aliphatic carbocycles. The van der Waals surface area contributed by atoms with Crippen LogP contribution < -0.4 is 5.32 Å². The molecular weight excluding hydrogens is 218 g/mol. The molecule has 2 nitrogen and oxygen atoms in total. The molecule has 3 heteroatoms. The maximum Gasteiger partial charge on any atom is 0.284 e. The molecule has 0 bridgehead atoms. The van der Waals surface area contributed by atoms with E-state index >= 15 is 0 Å². The predicted octanol–water partition coefficient (Wildman–Crippen LogP) is 4.31. The molecule has 0 aromatic heterocycles. The maximum atomic E-state index is 11.7. The summed E-state index contributed by atoms with van der Waals surface area (Å²) < 4.78 is 0. The minimum absolute atomic E-state index is 0.0236. The first kappa shape index (κ1) is 12.8. The van der Waals surface area contributed by atoms with Gasteiger partial charge in [0, 0.05) is 10.9 Å². The number of hydrogen-bond acceptors (Lipinski definition) is 2. The van der Waals surface area contributed by atoms with E-state index in [2.05, 4.69) is 18.8 Å². The topological polar surface area (TPSA) is 29.1 Å². The summed E-state index contributed by atoms with van der Waals surface area (Å²) in [6.07, 6.45) is 3.87. The first-order valence-corrected chi connectivity index (χ1v) is 6.29. The van der Waals surface area contributed by atoms with Crippen molar-refractivity contribution in [3.05, 3.63) is 43.0 Å². The number of carbonyl (C=O) groups is 1. The zero-order chi connectivity index (χ0) is 11.8. The second-order valence-electron chi connectivity index (χ2n) is 3.46. The SMILES string of the molecule is C=C[C@@H](CCC)SC(=O)Nc1ccccc1. The number of benzene rings is 1. The van der Waals surface area contributed by atoms with Gasteiger partial charge in [-0.15, -0.1) is 6.58 Å². The van der Waals surface area contributed by atoms with Gasteiger partial charge in [0.1, 0.15) is 0 Å². The number of carbonyl (C=O) groups excluding carboxylic acids is 1. The summed E-state index contributed by atoms with van der Waals surface area (Å²) >= 11 is 1.30. The van der Waals surface area contributed by atoms with Crippen molar-refractivity contribution in [1.82, 2.24) is 0 Å². The van der Waals surface area contributed by atoms with Gasteiger partial charge in [-0.25, -0.2) is 0 Å². The van der Waals surface area contributed by atoms with Crippen LogP contribution in [0, 0.1) is 0 Å². The van der Waals surface area contributed by atoms with E-state index in [1.165, 1.54) is 11.8 Å². The van der Waals surface area contributed by atoms with Gasteiger partial charge >= 0.3 is 0 Å². The molecule has 0 fully saturated rings. The highest BCUT2D eigenvalue weighted by Gasteiger charge is 2.10. The summed E-state index contributed by atoms with van der Waals surface area (Å²) in [5.74, 6) is 0. The second kappa shape index (κ2) is 7.12. The van der Waals surface area contributed by atoms with Gasteiger partial charge in [-0.3, -0.25) is 4.79 Å². The number of para-hydroxylation sites is 1. The first-order chi connectivity index (χ1) is 7.76. The average Bonchev–Trinajstić information content (AvgIpc) is 2.29. The van der Waals surface area contributed by atoms with Crippen molar-refractivity contribution in [3.63, 3.8) is 0 Å². The predicted molar refractivity (Wildman–Crippen MR) is 71.9 cm³/mol. The fraction of sp³-hybridized carbons (Fsp3) is 0.308. The highest BCUT2D eigenvalue weighted by molar-refractivity contribution is 8.14. The highest BCUT2D eigenvalue weighted by atomic mass is 32.2. The molecule has 1 amide bonds. The third-order valence-electron chi connectivity index (χ3n) is 2.11. The monoisotopic (exact) mass is 235 g/mol. The smallest absolute Gasteiger partial charge is 0.284 e. The molecule has 16 heavy (non-hydrogen) atoms. The maximum absolute atomic E-state index is 11.7. The lowest BCUT2D eigenvalue weighted by molar-refractivity contribution is 0.269. The highest BCUT2D eigenvalue weighted by Crippen LogP contribution is 2.20. The summed E-state index contributed by atoms with van der Waals surface area (Å²) in [5, 5.41) is 3.02. The molecule has 1 aromatic carbocycles. The van der Waals surface area contributed by atoms with Crippen molar-refractivity contribution in [2.45, 2.75) is 25.0 Å². The molecule has 1 atom stereocenters. The Labute approximate surface area is 101 Å². The van der Waals surface area contributed by atoms with Crippen LogP contribution in [0.4, 0.5) is 10.5 Å². The van der Waals surface area contributed by atoms with Gasteiger partial charge in [-0.05, 0) is 18.6 Å². The van der Waals surface area contributed by atoms with E-state index in [0.29, 0.717) is 0 Å². The van der Waals surface area contributed by atoms with Crippen molar-refractivity contribution in [1.29, 1.82) is 0 Å². The van der Waals surface area contributed by atoms with Crippen LogP contribution in [0.3, 0.4) is 0 Å².